The van der Waals surface area contributed by atoms with Gasteiger partial charge in [-0.25, -0.2) is 0 Å². The second kappa shape index (κ2) is 8.99. The molecule has 0 aliphatic heterocycles. The van der Waals surface area contributed by atoms with Crippen LogP contribution >= 0.6 is 0 Å². The van der Waals surface area contributed by atoms with Gasteiger partial charge in [0, 0.05) is 20.3 Å². The van der Waals surface area contributed by atoms with E-state index in [0.29, 0.717) is 11.5 Å². The zero-order valence-corrected chi connectivity index (χ0v) is 12.7. The van der Waals surface area contributed by atoms with E-state index in [4.69, 9.17) is 18.9 Å². The molecule has 0 radical (unpaired) electrons. The van der Waals surface area contributed by atoms with Crippen molar-refractivity contribution in [1.29, 1.82) is 0 Å². The first-order valence-corrected chi connectivity index (χ1v) is 6.38. The molecule has 1 N–H and O–H groups in total. The van der Waals surface area contributed by atoms with Gasteiger partial charge in [-0.05, 0) is 23.8 Å². The molecule has 0 heterocycles. The zero-order valence-electron chi connectivity index (χ0n) is 12.7. The maximum atomic E-state index is 11.7. The lowest BCUT2D eigenvalue weighted by Crippen LogP contribution is -2.33. The summed E-state index contributed by atoms with van der Waals surface area (Å²) in [5.74, 6) is 1.02. The van der Waals surface area contributed by atoms with Crippen LogP contribution in [-0.4, -0.2) is 47.2 Å². The molecule has 0 unspecified atom stereocenters. The Balaban J connectivity index is 2.61. The van der Waals surface area contributed by atoms with Crippen LogP contribution in [0.4, 0.5) is 0 Å². The lowest BCUT2D eigenvalue weighted by atomic mass is 10.2. The number of carbonyl (C=O) groups is 1. The van der Waals surface area contributed by atoms with E-state index in [0.717, 1.165) is 5.56 Å². The lowest BCUT2D eigenvalue weighted by molar-refractivity contribution is -0.123. The third-order valence-corrected chi connectivity index (χ3v) is 2.80. The Hall–Kier alpha value is -2.05. The minimum Gasteiger partial charge on any atom is -0.493 e. The van der Waals surface area contributed by atoms with Gasteiger partial charge >= 0.3 is 0 Å². The van der Waals surface area contributed by atoms with Crippen molar-refractivity contribution in [3.05, 3.63) is 29.8 Å². The van der Waals surface area contributed by atoms with Gasteiger partial charge in [-0.2, -0.15) is 0 Å². The van der Waals surface area contributed by atoms with E-state index in [-0.39, 0.29) is 12.5 Å². The maximum Gasteiger partial charge on any atom is 0.244 e. The fourth-order valence-corrected chi connectivity index (χ4v) is 1.63. The maximum absolute atomic E-state index is 11.7. The topological polar surface area (TPSA) is 66.0 Å². The monoisotopic (exact) mass is 295 g/mol. The average molecular weight is 295 g/mol. The predicted molar refractivity (Wildman–Crippen MR) is 79.4 cm³/mol. The fraction of sp³-hybridized carbons (Fsp3) is 0.400. The second-order valence-electron chi connectivity index (χ2n) is 4.09. The summed E-state index contributed by atoms with van der Waals surface area (Å²) in [5, 5.41) is 2.67. The van der Waals surface area contributed by atoms with Gasteiger partial charge in [-0.3, -0.25) is 4.79 Å². The van der Waals surface area contributed by atoms with Crippen molar-refractivity contribution in [3.8, 4) is 11.5 Å². The molecule has 0 saturated heterocycles. The molecule has 6 nitrogen and oxygen atoms in total. The summed E-state index contributed by atoms with van der Waals surface area (Å²) in [6.45, 7) is 0.280. The van der Waals surface area contributed by atoms with Gasteiger partial charge < -0.3 is 24.3 Å². The van der Waals surface area contributed by atoms with Crippen LogP contribution in [0.15, 0.2) is 24.3 Å². The van der Waals surface area contributed by atoms with Crippen LogP contribution in [0.2, 0.25) is 0 Å². The predicted octanol–water partition coefficient (Wildman–Crippen LogP) is 1.45. The van der Waals surface area contributed by atoms with Crippen LogP contribution in [0.3, 0.4) is 0 Å². The number of amides is 1. The molecule has 0 spiro atoms. The molecule has 6 heteroatoms. The third-order valence-electron chi connectivity index (χ3n) is 2.80. The van der Waals surface area contributed by atoms with Gasteiger partial charge in [0.1, 0.15) is 0 Å². The number of nitrogens with one attached hydrogen (secondary N) is 1. The average Bonchev–Trinajstić information content (AvgIpc) is 2.53. The highest BCUT2D eigenvalue weighted by Gasteiger charge is 2.06. The quantitative estimate of drug-likeness (QED) is 0.581. The number of carbonyl (C=O) groups excluding carboxylic acids is 1. The molecule has 1 aromatic rings. The molecule has 0 atom stereocenters. The molecule has 1 amide bonds. The molecule has 21 heavy (non-hydrogen) atoms. The van der Waals surface area contributed by atoms with Crippen molar-refractivity contribution in [3.63, 3.8) is 0 Å². The number of benzene rings is 1. The smallest absolute Gasteiger partial charge is 0.244 e. The van der Waals surface area contributed by atoms with Gasteiger partial charge in [0.15, 0.2) is 17.8 Å². The van der Waals surface area contributed by atoms with E-state index in [9.17, 15) is 4.79 Å². The first-order chi connectivity index (χ1) is 10.1. The van der Waals surface area contributed by atoms with Crippen LogP contribution in [0, 0.1) is 0 Å². The SMILES string of the molecule is COc1ccc(/C=C/C(=O)NCC(OC)OC)cc1OC. The molecule has 0 bridgehead atoms. The first-order valence-electron chi connectivity index (χ1n) is 6.38. The molecular weight excluding hydrogens is 274 g/mol. The normalized spacial score (nSPS) is 10.9. The number of methoxy groups -OCH3 is 4. The molecule has 0 fully saturated rings. The summed E-state index contributed by atoms with van der Waals surface area (Å²) in [7, 11) is 6.16. The molecule has 0 saturated carbocycles. The Morgan fingerprint density at radius 1 is 1.14 bits per heavy atom. The van der Waals surface area contributed by atoms with E-state index in [1.54, 1.807) is 32.4 Å². The van der Waals surface area contributed by atoms with Crippen LogP contribution in [-0.2, 0) is 14.3 Å². The van der Waals surface area contributed by atoms with Crippen LogP contribution < -0.4 is 14.8 Å². The summed E-state index contributed by atoms with van der Waals surface area (Å²) in [6, 6.07) is 5.40. The van der Waals surface area contributed by atoms with Crippen molar-refractivity contribution < 1.29 is 23.7 Å². The van der Waals surface area contributed by atoms with Gasteiger partial charge in [-0.15, -0.1) is 0 Å². The van der Waals surface area contributed by atoms with Gasteiger partial charge in [0.25, 0.3) is 0 Å². The minimum absolute atomic E-state index is 0.233. The Morgan fingerprint density at radius 3 is 2.38 bits per heavy atom. The van der Waals surface area contributed by atoms with Crippen molar-refractivity contribution in [2.45, 2.75) is 6.29 Å². The third kappa shape index (κ3) is 5.45. The number of rotatable bonds is 8. The second-order valence-corrected chi connectivity index (χ2v) is 4.09. The molecule has 116 valence electrons. The van der Waals surface area contributed by atoms with E-state index in [1.165, 1.54) is 20.3 Å². The standard InChI is InChI=1S/C15H21NO5/c1-18-12-7-5-11(9-13(12)19-2)6-8-14(17)16-10-15(20-3)21-4/h5-9,15H,10H2,1-4H3,(H,16,17)/b8-6+. The molecule has 0 aliphatic rings. The lowest BCUT2D eigenvalue weighted by Gasteiger charge is -2.12. The van der Waals surface area contributed by atoms with E-state index in [1.807, 2.05) is 6.07 Å². The minimum atomic E-state index is -0.455. The van der Waals surface area contributed by atoms with Crippen molar-refractivity contribution in [2.75, 3.05) is 35.0 Å². The highest BCUT2D eigenvalue weighted by Crippen LogP contribution is 2.27. The van der Waals surface area contributed by atoms with Crippen molar-refractivity contribution in [1.82, 2.24) is 5.32 Å². The summed E-state index contributed by atoms with van der Waals surface area (Å²) in [5.41, 5.74) is 0.831. The highest BCUT2D eigenvalue weighted by atomic mass is 16.7. The highest BCUT2D eigenvalue weighted by molar-refractivity contribution is 5.91. The van der Waals surface area contributed by atoms with Crippen LogP contribution in [0.1, 0.15) is 5.56 Å². The van der Waals surface area contributed by atoms with E-state index >= 15 is 0 Å². The summed E-state index contributed by atoms with van der Waals surface area (Å²) in [6.07, 6.45) is 2.67. The molecule has 1 aromatic carbocycles. The van der Waals surface area contributed by atoms with Crippen LogP contribution in [0.5, 0.6) is 11.5 Å². The van der Waals surface area contributed by atoms with Crippen molar-refractivity contribution >= 4 is 12.0 Å². The van der Waals surface area contributed by atoms with E-state index < -0.39 is 6.29 Å². The Labute approximate surface area is 124 Å². The Bertz CT molecular complexity index is 483. The number of hydrogen-bond acceptors (Lipinski definition) is 5. The Morgan fingerprint density at radius 2 is 1.81 bits per heavy atom. The number of ether oxygens (including phenoxy) is 4. The Kier molecular flexibility index (Phi) is 7.28. The number of hydrogen-bond donors (Lipinski definition) is 1. The molecule has 1 rings (SSSR count). The zero-order chi connectivity index (χ0) is 15.7. The van der Waals surface area contributed by atoms with Gasteiger partial charge in [0.05, 0.1) is 20.8 Å². The fourth-order valence-electron chi connectivity index (χ4n) is 1.63. The molecular formula is C15H21NO5. The summed E-state index contributed by atoms with van der Waals surface area (Å²) in [4.78, 5) is 11.7. The largest absolute Gasteiger partial charge is 0.493 e. The van der Waals surface area contributed by atoms with Crippen molar-refractivity contribution in [2.24, 2.45) is 0 Å². The van der Waals surface area contributed by atoms with E-state index in [2.05, 4.69) is 5.32 Å². The molecule has 0 aromatic heterocycles. The summed E-state index contributed by atoms with van der Waals surface area (Å²) >= 11 is 0. The van der Waals surface area contributed by atoms with Gasteiger partial charge in [0.2, 0.25) is 5.91 Å². The summed E-state index contributed by atoms with van der Waals surface area (Å²) < 4.78 is 20.3. The van der Waals surface area contributed by atoms with Crippen LogP contribution in [0.25, 0.3) is 6.08 Å². The molecule has 0 aliphatic carbocycles. The van der Waals surface area contributed by atoms with Gasteiger partial charge in [-0.1, -0.05) is 6.07 Å². The first kappa shape index (κ1) is 17.0.